The van der Waals surface area contributed by atoms with E-state index < -0.39 is 9.84 Å². The Bertz CT molecular complexity index is 1420. The lowest BCUT2D eigenvalue weighted by Gasteiger charge is -2.11. The van der Waals surface area contributed by atoms with E-state index in [0.29, 0.717) is 23.0 Å². The van der Waals surface area contributed by atoms with Crippen LogP contribution < -0.4 is 14.8 Å². The van der Waals surface area contributed by atoms with Gasteiger partial charge in [-0.25, -0.2) is 13.4 Å². The molecule has 0 atom stereocenters. The second-order valence-corrected chi connectivity index (χ2v) is 10.2. The van der Waals surface area contributed by atoms with E-state index in [4.69, 9.17) is 9.47 Å². The number of imidazole rings is 1. The highest BCUT2D eigenvalue weighted by atomic mass is 32.2. The maximum Gasteiger partial charge on any atom is 0.234 e. The summed E-state index contributed by atoms with van der Waals surface area (Å²) in [6.07, 6.45) is 0. The molecular weight excluding hydrogens is 486 g/mol. The van der Waals surface area contributed by atoms with Crippen LogP contribution in [0.5, 0.6) is 11.5 Å². The molecule has 2 N–H and O–H groups in total. The highest BCUT2D eigenvalue weighted by molar-refractivity contribution is 8.00. The number of hydrogen-bond acceptors (Lipinski definition) is 7. The van der Waals surface area contributed by atoms with Gasteiger partial charge in [-0.15, -0.1) is 0 Å². The van der Waals surface area contributed by atoms with Gasteiger partial charge in [-0.1, -0.05) is 60.3 Å². The van der Waals surface area contributed by atoms with Gasteiger partial charge in [0, 0.05) is 11.6 Å². The number of amides is 1. The van der Waals surface area contributed by atoms with Crippen LogP contribution in [0.1, 0.15) is 0 Å². The van der Waals surface area contributed by atoms with Gasteiger partial charge in [-0.05, 0) is 24.3 Å². The van der Waals surface area contributed by atoms with E-state index in [2.05, 4.69) is 15.3 Å². The first-order chi connectivity index (χ1) is 16.9. The number of H-pyrrole nitrogens is 1. The molecule has 4 rings (SSSR count). The van der Waals surface area contributed by atoms with Gasteiger partial charge in [-0.2, -0.15) is 0 Å². The summed E-state index contributed by atoms with van der Waals surface area (Å²) in [5.74, 6) is 1.03. The van der Waals surface area contributed by atoms with Crippen molar-refractivity contribution in [3.63, 3.8) is 0 Å². The van der Waals surface area contributed by atoms with E-state index in [9.17, 15) is 13.2 Å². The van der Waals surface area contributed by atoms with Crippen LogP contribution in [0.15, 0.2) is 93.8 Å². The number of rotatable bonds is 9. The number of methoxy groups -OCH3 is 2. The first-order valence-corrected chi connectivity index (χ1v) is 13.0. The SMILES string of the molecule is COc1ccc(NC(=O)CSc2nc(-c3ccccc3)[nH]c2S(=O)(=O)c2ccccc2)c(OC)c1. The topological polar surface area (TPSA) is 110 Å². The van der Waals surface area contributed by atoms with Crippen molar-refractivity contribution in [2.45, 2.75) is 14.9 Å². The van der Waals surface area contributed by atoms with Crippen LogP contribution in [-0.4, -0.2) is 44.3 Å². The van der Waals surface area contributed by atoms with Crippen LogP contribution in [0, 0.1) is 0 Å². The molecule has 0 saturated carbocycles. The average molecular weight is 510 g/mol. The van der Waals surface area contributed by atoms with Crippen LogP contribution in [0.25, 0.3) is 11.4 Å². The normalized spacial score (nSPS) is 11.1. The molecule has 1 heterocycles. The number of anilines is 1. The highest BCUT2D eigenvalue weighted by Crippen LogP contribution is 2.33. The second kappa shape index (κ2) is 10.7. The molecule has 0 saturated heterocycles. The molecule has 0 radical (unpaired) electrons. The summed E-state index contributed by atoms with van der Waals surface area (Å²) >= 11 is 1.03. The second-order valence-electron chi connectivity index (χ2n) is 7.31. The summed E-state index contributed by atoms with van der Waals surface area (Å²) in [7, 11) is -0.852. The number of carbonyl (C=O) groups is 1. The maximum absolute atomic E-state index is 13.4. The van der Waals surface area contributed by atoms with E-state index in [-0.39, 0.29) is 26.6 Å². The largest absolute Gasteiger partial charge is 0.497 e. The lowest BCUT2D eigenvalue weighted by molar-refractivity contribution is -0.113. The van der Waals surface area contributed by atoms with Crippen LogP contribution in [-0.2, 0) is 14.6 Å². The molecule has 0 aliphatic rings. The fourth-order valence-corrected chi connectivity index (χ4v) is 5.73. The summed E-state index contributed by atoms with van der Waals surface area (Å²) in [4.78, 5) is 20.3. The van der Waals surface area contributed by atoms with Crippen LogP contribution in [0.2, 0.25) is 0 Å². The Morgan fingerprint density at radius 1 is 0.971 bits per heavy atom. The zero-order valence-corrected chi connectivity index (χ0v) is 20.7. The molecule has 180 valence electrons. The molecule has 0 unspecified atom stereocenters. The van der Waals surface area contributed by atoms with Crippen molar-refractivity contribution < 1.29 is 22.7 Å². The third kappa shape index (κ3) is 5.50. The fourth-order valence-electron chi connectivity index (χ4n) is 3.29. The Kier molecular flexibility index (Phi) is 7.42. The highest BCUT2D eigenvalue weighted by Gasteiger charge is 2.26. The summed E-state index contributed by atoms with van der Waals surface area (Å²) in [6.45, 7) is 0. The predicted molar refractivity (Wildman–Crippen MR) is 135 cm³/mol. The van der Waals surface area contributed by atoms with Gasteiger partial charge in [0.25, 0.3) is 0 Å². The molecular formula is C25H23N3O5S2. The Labute approximate surface area is 207 Å². The minimum atomic E-state index is -3.89. The first-order valence-electron chi connectivity index (χ1n) is 10.5. The van der Waals surface area contributed by atoms with Crippen molar-refractivity contribution in [1.82, 2.24) is 9.97 Å². The van der Waals surface area contributed by atoms with E-state index in [1.165, 1.54) is 19.2 Å². The zero-order valence-electron chi connectivity index (χ0n) is 19.0. The zero-order chi connectivity index (χ0) is 24.8. The van der Waals surface area contributed by atoms with Crippen molar-refractivity contribution in [2.24, 2.45) is 0 Å². The molecule has 8 nitrogen and oxygen atoms in total. The van der Waals surface area contributed by atoms with Crippen molar-refractivity contribution in [3.05, 3.63) is 78.9 Å². The number of nitrogens with zero attached hydrogens (tertiary/aromatic N) is 1. The van der Waals surface area contributed by atoms with Crippen molar-refractivity contribution in [2.75, 3.05) is 25.3 Å². The average Bonchev–Trinajstić information content (AvgIpc) is 3.34. The summed E-state index contributed by atoms with van der Waals surface area (Å²) in [5.41, 5.74) is 1.21. The van der Waals surface area contributed by atoms with Crippen molar-refractivity contribution in [3.8, 4) is 22.9 Å². The van der Waals surface area contributed by atoms with Crippen LogP contribution >= 0.6 is 11.8 Å². The number of thioether (sulfide) groups is 1. The minimum Gasteiger partial charge on any atom is -0.497 e. The molecule has 0 fully saturated rings. The van der Waals surface area contributed by atoms with Gasteiger partial charge in [0.05, 0.1) is 30.6 Å². The molecule has 0 aliphatic carbocycles. The Morgan fingerprint density at radius 3 is 2.31 bits per heavy atom. The molecule has 4 aromatic rings. The third-order valence-electron chi connectivity index (χ3n) is 5.03. The van der Waals surface area contributed by atoms with Gasteiger partial charge in [0.2, 0.25) is 15.7 Å². The Morgan fingerprint density at radius 2 is 1.66 bits per heavy atom. The van der Waals surface area contributed by atoms with E-state index >= 15 is 0 Å². The van der Waals surface area contributed by atoms with Crippen LogP contribution in [0.3, 0.4) is 0 Å². The molecule has 0 spiro atoms. The molecule has 35 heavy (non-hydrogen) atoms. The first kappa shape index (κ1) is 24.4. The van der Waals surface area contributed by atoms with Crippen LogP contribution in [0.4, 0.5) is 5.69 Å². The smallest absolute Gasteiger partial charge is 0.234 e. The lowest BCUT2D eigenvalue weighted by Crippen LogP contribution is -2.15. The molecule has 0 aliphatic heterocycles. The summed E-state index contributed by atoms with van der Waals surface area (Å²) in [5, 5.41) is 2.94. The van der Waals surface area contributed by atoms with Gasteiger partial charge < -0.3 is 19.8 Å². The van der Waals surface area contributed by atoms with E-state index in [1.54, 1.807) is 43.5 Å². The molecule has 0 bridgehead atoms. The molecule has 1 aromatic heterocycles. The maximum atomic E-state index is 13.4. The minimum absolute atomic E-state index is 0.0534. The molecule has 10 heteroatoms. The van der Waals surface area contributed by atoms with Crippen molar-refractivity contribution >= 4 is 33.2 Å². The number of sulfone groups is 1. The molecule has 1 amide bonds. The van der Waals surface area contributed by atoms with Gasteiger partial charge in [0.15, 0.2) is 5.03 Å². The predicted octanol–water partition coefficient (Wildman–Crippen LogP) is 4.66. The van der Waals surface area contributed by atoms with E-state index in [0.717, 1.165) is 17.3 Å². The fraction of sp³-hybridized carbons (Fsp3) is 0.120. The Balaban J connectivity index is 1.60. The summed E-state index contributed by atoms with van der Waals surface area (Å²) in [6, 6.07) is 22.3. The number of aromatic nitrogens is 2. The number of hydrogen-bond donors (Lipinski definition) is 2. The monoisotopic (exact) mass is 509 g/mol. The number of ether oxygens (including phenoxy) is 2. The third-order valence-corrected chi connectivity index (χ3v) is 7.86. The Hall–Kier alpha value is -3.76. The van der Waals surface area contributed by atoms with Gasteiger partial charge in [-0.3, -0.25) is 4.79 Å². The van der Waals surface area contributed by atoms with Crippen molar-refractivity contribution in [1.29, 1.82) is 0 Å². The standard InChI is InChI=1S/C25H23N3O5S2/c1-32-18-13-14-20(21(15-18)33-2)26-22(29)16-34-24-25(35(30,31)19-11-7-4-8-12-19)28-23(27-24)17-9-5-3-6-10-17/h3-15H,16H2,1-2H3,(H,26,29)(H,27,28). The number of nitrogens with one attached hydrogen (secondary N) is 2. The number of benzene rings is 3. The quantitative estimate of drug-likeness (QED) is 0.316. The number of carbonyl (C=O) groups excluding carboxylic acids is 1. The van der Waals surface area contributed by atoms with Gasteiger partial charge >= 0.3 is 0 Å². The summed E-state index contributed by atoms with van der Waals surface area (Å²) < 4.78 is 37.2. The number of aromatic amines is 1. The van der Waals surface area contributed by atoms with E-state index in [1.807, 2.05) is 30.3 Å². The lowest BCUT2D eigenvalue weighted by atomic mass is 10.2. The van der Waals surface area contributed by atoms with Gasteiger partial charge in [0.1, 0.15) is 22.3 Å². The molecule has 3 aromatic carbocycles.